The minimum absolute atomic E-state index is 0.479. The molecule has 0 saturated carbocycles. The SMILES string of the molecule is CCCOc1ccc(C(=S)OCC)cc1OC. The number of ether oxygens (including phenoxy) is 3. The quantitative estimate of drug-likeness (QED) is 0.729. The van der Waals surface area contributed by atoms with Crippen LogP contribution < -0.4 is 9.47 Å². The molecule has 0 unspecified atom stereocenters. The summed E-state index contributed by atoms with van der Waals surface area (Å²) in [7, 11) is 1.61. The van der Waals surface area contributed by atoms with E-state index in [4.69, 9.17) is 26.4 Å². The molecule has 0 saturated heterocycles. The molecule has 3 nitrogen and oxygen atoms in total. The zero-order valence-corrected chi connectivity index (χ0v) is 11.3. The van der Waals surface area contributed by atoms with Crippen molar-refractivity contribution in [3.05, 3.63) is 23.8 Å². The molecule has 0 fully saturated rings. The molecule has 0 atom stereocenters. The topological polar surface area (TPSA) is 27.7 Å². The second kappa shape index (κ2) is 7.12. The van der Waals surface area contributed by atoms with Crippen LogP contribution in [0.4, 0.5) is 0 Å². The molecule has 4 heteroatoms. The summed E-state index contributed by atoms with van der Waals surface area (Å²) in [5, 5.41) is 0.479. The molecule has 0 heterocycles. The lowest BCUT2D eigenvalue weighted by Crippen LogP contribution is -2.04. The van der Waals surface area contributed by atoms with E-state index in [2.05, 4.69) is 6.92 Å². The van der Waals surface area contributed by atoms with Gasteiger partial charge < -0.3 is 14.2 Å². The molecule has 0 amide bonds. The third-order valence-corrected chi connectivity index (χ3v) is 2.49. The monoisotopic (exact) mass is 254 g/mol. The van der Waals surface area contributed by atoms with Crippen LogP contribution in [0, 0.1) is 0 Å². The van der Waals surface area contributed by atoms with Gasteiger partial charge in [-0.15, -0.1) is 0 Å². The van der Waals surface area contributed by atoms with Crippen LogP contribution in [0.2, 0.25) is 0 Å². The van der Waals surface area contributed by atoms with Gasteiger partial charge in [0.2, 0.25) is 0 Å². The predicted octanol–water partition coefficient (Wildman–Crippen LogP) is 3.20. The molecule has 0 spiro atoms. The van der Waals surface area contributed by atoms with Gasteiger partial charge >= 0.3 is 0 Å². The summed E-state index contributed by atoms with van der Waals surface area (Å²) >= 11 is 5.14. The van der Waals surface area contributed by atoms with E-state index in [-0.39, 0.29) is 0 Å². The van der Waals surface area contributed by atoms with E-state index in [1.807, 2.05) is 25.1 Å². The second-order valence-corrected chi connectivity index (χ2v) is 3.81. The van der Waals surface area contributed by atoms with Crippen molar-refractivity contribution < 1.29 is 14.2 Å². The predicted molar refractivity (Wildman–Crippen MR) is 72.1 cm³/mol. The Balaban J connectivity index is 2.87. The Morgan fingerprint density at radius 3 is 2.59 bits per heavy atom. The summed E-state index contributed by atoms with van der Waals surface area (Å²) in [5.41, 5.74) is 0.836. The van der Waals surface area contributed by atoms with E-state index in [0.717, 1.165) is 17.7 Å². The Morgan fingerprint density at radius 1 is 1.24 bits per heavy atom. The maximum Gasteiger partial charge on any atom is 0.191 e. The molecule has 0 aromatic heterocycles. The maximum atomic E-state index is 5.56. The van der Waals surface area contributed by atoms with Crippen molar-refractivity contribution in [2.45, 2.75) is 20.3 Å². The normalized spacial score (nSPS) is 9.82. The van der Waals surface area contributed by atoms with Crippen molar-refractivity contribution in [1.29, 1.82) is 0 Å². The molecule has 0 aliphatic rings. The zero-order valence-electron chi connectivity index (χ0n) is 10.5. The Morgan fingerprint density at radius 2 is 2.00 bits per heavy atom. The fourth-order valence-corrected chi connectivity index (χ4v) is 1.59. The number of rotatable bonds is 6. The van der Waals surface area contributed by atoms with E-state index in [0.29, 0.717) is 24.0 Å². The van der Waals surface area contributed by atoms with E-state index in [1.165, 1.54) is 0 Å². The standard InChI is InChI=1S/C13H18O3S/c1-4-8-16-11-7-6-10(9-12(11)14-3)13(17)15-5-2/h6-7,9H,4-5,8H2,1-3H3. The van der Waals surface area contributed by atoms with Crippen molar-refractivity contribution in [3.8, 4) is 11.5 Å². The third kappa shape index (κ3) is 3.89. The van der Waals surface area contributed by atoms with Crippen LogP contribution in [0.15, 0.2) is 18.2 Å². The maximum absolute atomic E-state index is 5.56. The van der Waals surface area contributed by atoms with Crippen molar-refractivity contribution in [2.75, 3.05) is 20.3 Å². The smallest absolute Gasteiger partial charge is 0.191 e. The Bertz CT molecular complexity index is 377. The molecule has 94 valence electrons. The molecule has 0 radical (unpaired) electrons. The van der Waals surface area contributed by atoms with Gasteiger partial charge in [0, 0.05) is 5.56 Å². The molecule has 1 aromatic rings. The highest BCUT2D eigenvalue weighted by molar-refractivity contribution is 7.80. The molecule has 1 aromatic carbocycles. The van der Waals surface area contributed by atoms with Gasteiger partial charge in [-0.2, -0.15) is 0 Å². The van der Waals surface area contributed by atoms with Crippen LogP contribution in [0.5, 0.6) is 11.5 Å². The van der Waals surface area contributed by atoms with Crippen LogP contribution in [0.1, 0.15) is 25.8 Å². The molecule has 0 bridgehead atoms. The largest absolute Gasteiger partial charge is 0.493 e. The summed E-state index contributed by atoms with van der Waals surface area (Å²) in [4.78, 5) is 0. The van der Waals surface area contributed by atoms with Gasteiger partial charge in [-0.3, -0.25) is 0 Å². The molecule has 0 aliphatic carbocycles. The van der Waals surface area contributed by atoms with Crippen LogP contribution in [-0.2, 0) is 4.74 Å². The zero-order chi connectivity index (χ0) is 12.7. The van der Waals surface area contributed by atoms with Gasteiger partial charge in [-0.1, -0.05) is 6.92 Å². The first-order valence-corrected chi connectivity index (χ1v) is 6.11. The minimum Gasteiger partial charge on any atom is -0.493 e. The first kappa shape index (κ1) is 13.8. The third-order valence-electron chi connectivity index (χ3n) is 2.14. The van der Waals surface area contributed by atoms with Gasteiger partial charge in [0.25, 0.3) is 0 Å². The van der Waals surface area contributed by atoms with E-state index >= 15 is 0 Å². The number of benzene rings is 1. The Labute approximate surface area is 108 Å². The average molecular weight is 254 g/mol. The number of hydrogen-bond acceptors (Lipinski definition) is 4. The van der Waals surface area contributed by atoms with Gasteiger partial charge in [0.15, 0.2) is 16.5 Å². The number of thiocarbonyl (C=S) groups is 1. The molecule has 17 heavy (non-hydrogen) atoms. The molecule has 0 N–H and O–H groups in total. The minimum atomic E-state index is 0.479. The van der Waals surface area contributed by atoms with Crippen LogP contribution in [0.3, 0.4) is 0 Å². The number of hydrogen-bond donors (Lipinski definition) is 0. The van der Waals surface area contributed by atoms with E-state index < -0.39 is 0 Å². The van der Waals surface area contributed by atoms with Crippen LogP contribution in [-0.4, -0.2) is 25.4 Å². The molecule has 1 rings (SSSR count). The van der Waals surface area contributed by atoms with Crippen LogP contribution >= 0.6 is 12.2 Å². The average Bonchev–Trinajstić information content (AvgIpc) is 2.36. The van der Waals surface area contributed by atoms with Crippen molar-refractivity contribution >= 4 is 17.3 Å². The molecular weight excluding hydrogens is 236 g/mol. The highest BCUT2D eigenvalue weighted by Crippen LogP contribution is 2.28. The van der Waals surface area contributed by atoms with Crippen LogP contribution in [0.25, 0.3) is 0 Å². The summed E-state index contributed by atoms with van der Waals surface area (Å²) in [6.45, 7) is 5.20. The Hall–Kier alpha value is -1.29. The lowest BCUT2D eigenvalue weighted by atomic mass is 10.2. The lowest BCUT2D eigenvalue weighted by Gasteiger charge is -2.12. The highest BCUT2D eigenvalue weighted by Gasteiger charge is 2.08. The summed E-state index contributed by atoms with van der Waals surface area (Å²) < 4.78 is 16.1. The molecular formula is C13H18O3S. The summed E-state index contributed by atoms with van der Waals surface area (Å²) in [6.07, 6.45) is 0.961. The fourth-order valence-electron chi connectivity index (χ4n) is 1.34. The van der Waals surface area contributed by atoms with E-state index in [9.17, 15) is 0 Å². The summed E-state index contributed by atoms with van der Waals surface area (Å²) in [6, 6.07) is 5.57. The fraction of sp³-hybridized carbons (Fsp3) is 0.462. The first-order chi connectivity index (χ1) is 8.22. The van der Waals surface area contributed by atoms with Crippen molar-refractivity contribution in [3.63, 3.8) is 0 Å². The van der Waals surface area contributed by atoms with Gasteiger partial charge in [-0.25, -0.2) is 0 Å². The summed E-state index contributed by atoms with van der Waals surface area (Å²) in [5.74, 6) is 1.41. The number of methoxy groups -OCH3 is 1. The van der Waals surface area contributed by atoms with E-state index in [1.54, 1.807) is 7.11 Å². The second-order valence-electron chi connectivity index (χ2n) is 3.43. The lowest BCUT2D eigenvalue weighted by molar-refractivity contribution is 0.294. The Kier molecular flexibility index (Phi) is 5.77. The molecule has 0 aliphatic heterocycles. The van der Waals surface area contributed by atoms with Crippen molar-refractivity contribution in [1.82, 2.24) is 0 Å². The van der Waals surface area contributed by atoms with Gasteiger partial charge in [0.05, 0.1) is 20.3 Å². The highest BCUT2D eigenvalue weighted by atomic mass is 32.1. The first-order valence-electron chi connectivity index (χ1n) is 5.70. The van der Waals surface area contributed by atoms with Crippen molar-refractivity contribution in [2.24, 2.45) is 0 Å². The van der Waals surface area contributed by atoms with Gasteiger partial charge in [0.1, 0.15) is 0 Å². The van der Waals surface area contributed by atoms with Gasteiger partial charge in [-0.05, 0) is 43.8 Å².